The van der Waals surface area contributed by atoms with E-state index in [0.717, 1.165) is 17.7 Å². The van der Waals surface area contributed by atoms with E-state index >= 15 is 0 Å². The van der Waals surface area contributed by atoms with E-state index in [1.165, 1.54) is 18.3 Å². The molecule has 0 spiro atoms. The number of nitrogens with zero attached hydrogens (tertiary/aromatic N) is 1. The van der Waals surface area contributed by atoms with E-state index in [2.05, 4.69) is 15.6 Å². The Bertz CT molecular complexity index is 1120. The molecule has 1 aromatic heterocycles. The number of carbonyl (C=O) groups excluding carboxylic acids is 2. The number of aliphatic hydroxyl groups excluding tert-OH is 1. The maximum Gasteiger partial charge on any atom is 0.416 e. The molecule has 2 amide bonds. The van der Waals surface area contributed by atoms with Crippen molar-refractivity contribution in [2.45, 2.75) is 37.7 Å². The van der Waals surface area contributed by atoms with Crippen LogP contribution in [0.5, 0.6) is 0 Å². The number of amides is 2. The number of nitrogen functional groups attached to an aromatic ring is 1. The summed E-state index contributed by atoms with van der Waals surface area (Å²) < 4.78 is 38.6. The number of anilines is 1. The van der Waals surface area contributed by atoms with Gasteiger partial charge in [0.2, 0.25) is 11.8 Å². The second-order valence-corrected chi connectivity index (χ2v) is 7.97. The summed E-state index contributed by atoms with van der Waals surface area (Å²) in [6, 6.07) is 15.3. The van der Waals surface area contributed by atoms with Crippen molar-refractivity contribution in [2.75, 3.05) is 5.73 Å². The number of benzene rings is 2. The van der Waals surface area contributed by atoms with E-state index in [-0.39, 0.29) is 19.4 Å². The lowest BCUT2D eigenvalue weighted by Gasteiger charge is -2.21. The van der Waals surface area contributed by atoms with Gasteiger partial charge in [-0.3, -0.25) is 9.59 Å². The highest BCUT2D eigenvalue weighted by atomic mass is 19.4. The molecule has 0 aliphatic heterocycles. The number of aromatic nitrogens is 1. The van der Waals surface area contributed by atoms with Gasteiger partial charge in [-0.1, -0.05) is 48.5 Å². The normalized spacial score (nSPS) is 13.0. The lowest BCUT2D eigenvalue weighted by molar-refractivity contribution is -0.137. The van der Waals surface area contributed by atoms with Crippen LogP contribution >= 0.6 is 0 Å². The summed E-state index contributed by atoms with van der Waals surface area (Å²) in [6.45, 7) is 0.0953. The van der Waals surface area contributed by atoms with E-state index in [1.807, 2.05) is 0 Å². The van der Waals surface area contributed by atoms with Crippen molar-refractivity contribution < 1.29 is 27.9 Å². The van der Waals surface area contributed by atoms with Gasteiger partial charge in [0.1, 0.15) is 18.0 Å². The minimum absolute atomic E-state index is 0.0401. The molecule has 7 nitrogen and oxygen atoms in total. The Balaban J connectivity index is 1.71. The highest BCUT2D eigenvalue weighted by Crippen LogP contribution is 2.29. The van der Waals surface area contributed by atoms with Crippen molar-refractivity contribution in [1.29, 1.82) is 0 Å². The molecule has 0 bridgehead atoms. The van der Waals surface area contributed by atoms with E-state index in [1.54, 1.807) is 42.5 Å². The molecule has 5 N–H and O–H groups in total. The predicted molar refractivity (Wildman–Crippen MR) is 124 cm³/mol. The number of hydrogen-bond acceptors (Lipinski definition) is 5. The number of nitrogens with two attached hydrogens (primary N) is 1. The zero-order valence-corrected chi connectivity index (χ0v) is 18.6. The molecule has 0 radical (unpaired) electrons. The van der Waals surface area contributed by atoms with Crippen molar-refractivity contribution in [2.24, 2.45) is 0 Å². The van der Waals surface area contributed by atoms with Crippen LogP contribution in [0.3, 0.4) is 0 Å². The van der Waals surface area contributed by atoms with E-state index in [9.17, 15) is 27.9 Å². The average molecular weight is 486 g/mol. The van der Waals surface area contributed by atoms with Gasteiger partial charge in [-0.25, -0.2) is 4.98 Å². The molecule has 0 fully saturated rings. The first-order valence-electron chi connectivity index (χ1n) is 10.8. The van der Waals surface area contributed by atoms with Crippen LogP contribution in [-0.4, -0.2) is 34.1 Å². The molecular weight excluding hydrogens is 461 g/mol. The third kappa shape index (κ3) is 7.82. The smallest absolute Gasteiger partial charge is 0.384 e. The van der Waals surface area contributed by atoms with Gasteiger partial charge in [0.15, 0.2) is 0 Å². The fourth-order valence-electron chi connectivity index (χ4n) is 3.33. The van der Waals surface area contributed by atoms with Crippen LogP contribution in [0.2, 0.25) is 0 Å². The second-order valence-electron chi connectivity index (χ2n) is 7.97. The van der Waals surface area contributed by atoms with Crippen LogP contribution < -0.4 is 16.4 Å². The van der Waals surface area contributed by atoms with Crippen LogP contribution in [0.4, 0.5) is 19.0 Å². The van der Waals surface area contributed by atoms with Crippen molar-refractivity contribution in [3.8, 4) is 0 Å². The molecule has 184 valence electrons. The largest absolute Gasteiger partial charge is 0.416 e. The molecule has 0 aliphatic rings. The summed E-state index contributed by atoms with van der Waals surface area (Å²) in [6.07, 6.45) is -4.45. The molecule has 1 heterocycles. The summed E-state index contributed by atoms with van der Waals surface area (Å²) in [5.41, 5.74) is 6.54. The van der Waals surface area contributed by atoms with Gasteiger partial charge in [-0.2, -0.15) is 13.2 Å². The van der Waals surface area contributed by atoms with E-state index < -0.39 is 35.7 Å². The van der Waals surface area contributed by atoms with Gasteiger partial charge in [0.05, 0.1) is 5.56 Å². The van der Waals surface area contributed by atoms with Crippen molar-refractivity contribution in [3.63, 3.8) is 0 Å². The van der Waals surface area contributed by atoms with E-state index in [4.69, 9.17) is 5.73 Å². The molecule has 3 aromatic rings. The minimum atomic E-state index is -4.49. The Kier molecular flexibility index (Phi) is 8.43. The molecule has 2 atom stereocenters. The van der Waals surface area contributed by atoms with Crippen LogP contribution in [0.1, 0.15) is 22.3 Å². The Morgan fingerprint density at radius 3 is 2.11 bits per heavy atom. The van der Waals surface area contributed by atoms with Gasteiger partial charge >= 0.3 is 6.18 Å². The maximum absolute atomic E-state index is 12.9. The van der Waals surface area contributed by atoms with Crippen LogP contribution in [-0.2, 0) is 35.2 Å². The first-order chi connectivity index (χ1) is 16.6. The topological polar surface area (TPSA) is 117 Å². The number of pyridine rings is 1. The molecule has 3 rings (SSSR count). The van der Waals surface area contributed by atoms with E-state index in [0.29, 0.717) is 16.9 Å². The quantitative estimate of drug-likeness (QED) is 0.371. The number of alkyl halides is 3. The zero-order chi connectivity index (χ0) is 25.4. The standard InChI is InChI=1S/C25H25F3N4O3/c26-25(27,28)19-9-6-17(7-10-19)12-20(23(34)31-15-18-8-11-22(29)30-14-18)32-24(35)21(33)13-16-4-2-1-3-5-16/h1-11,14,20-21,33H,12-13,15H2,(H2,29,30)(H,31,34)(H,32,35)/t20-,21+/m0/s1. The van der Waals surface area contributed by atoms with Gasteiger partial charge in [-0.05, 0) is 34.9 Å². The van der Waals surface area contributed by atoms with Gasteiger partial charge in [0, 0.05) is 25.6 Å². The van der Waals surface area contributed by atoms with Crippen LogP contribution in [0.25, 0.3) is 0 Å². The fourth-order valence-corrected chi connectivity index (χ4v) is 3.33. The molecule has 0 unspecified atom stereocenters. The summed E-state index contributed by atoms with van der Waals surface area (Å²) in [4.78, 5) is 29.5. The SMILES string of the molecule is Nc1ccc(CNC(=O)[C@H](Cc2ccc(C(F)(F)F)cc2)NC(=O)[C@H](O)Cc2ccccc2)cn1. The Hall–Kier alpha value is -3.92. The number of hydrogen-bond donors (Lipinski definition) is 4. The first-order valence-corrected chi connectivity index (χ1v) is 10.8. The number of rotatable bonds is 9. The lowest BCUT2D eigenvalue weighted by Crippen LogP contribution is -2.51. The Morgan fingerprint density at radius 1 is 0.886 bits per heavy atom. The van der Waals surface area contributed by atoms with Crippen LogP contribution in [0, 0.1) is 0 Å². The summed E-state index contributed by atoms with van der Waals surface area (Å²) in [7, 11) is 0. The second kappa shape index (κ2) is 11.5. The lowest BCUT2D eigenvalue weighted by atomic mass is 10.0. The van der Waals surface area contributed by atoms with Gasteiger partial charge in [-0.15, -0.1) is 0 Å². The molecule has 35 heavy (non-hydrogen) atoms. The highest BCUT2D eigenvalue weighted by molar-refractivity contribution is 5.89. The molecular formula is C25H25F3N4O3. The zero-order valence-electron chi connectivity index (χ0n) is 18.6. The van der Waals surface area contributed by atoms with Crippen LogP contribution in [0.15, 0.2) is 72.9 Å². The van der Waals surface area contributed by atoms with Crippen molar-refractivity contribution in [1.82, 2.24) is 15.6 Å². The van der Waals surface area contributed by atoms with Gasteiger partial charge < -0.3 is 21.5 Å². The third-order valence-corrected chi connectivity index (χ3v) is 5.24. The molecule has 10 heteroatoms. The number of nitrogens with one attached hydrogen (secondary N) is 2. The molecule has 0 saturated heterocycles. The summed E-state index contributed by atoms with van der Waals surface area (Å²) in [5.74, 6) is -1.02. The summed E-state index contributed by atoms with van der Waals surface area (Å²) >= 11 is 0. The Labute approximate surface area is 200 Å². The molecule has 2 aromatic carbocycles. The predicted octanol–water partition coefficient (Wildman–Crippen LogP) is 2.63. The minimum Gasteiger partial charge on any atom is -0.384 e. The average Bonchev–Trinajstić information content (AvgIpc) is 2.83. The monoisotopic (exact) mass is 486 g/mol. The number of carbonyl (C=O) groups is 2. The third-order valence-electron chi connectivity index (χ3n) is 5.24. The Morgan fingerprint density at radius 2 is 1.51 bits per heavy atom. The van der Waals surface area contributed by atoms with Crippen molar-refractivity contribution in [3.05, 3.63) is 95.2 Å². The highest BCUT2D eigenvalue weighted by Gasteiger charge is 2.30. The number of halogens is 3. The van der Waals surface area contributed by atoms with Crippen molar-refractivity contribution >= 4 is 17.6 Å². The molecule has 0 aliphatic carbocycles. The fraction of sp³-hybridized carbons (Fsp3) is 0.240. The number of aliphatic hydroxyl groups is 1. The summed E-state index contributed by atoms with van der Waals surface area (Å²) in [5, 5.41) is 15.5. The molecule has 0 saturated carbocycles. The van der Waals surface area contributed by atoms with Gasteiger partial charge in [0.25, 0.3) is 0 Å². The maximum atomic E-state index is 12.9. The first kappa shape index (κ1) is 25.7.